The fraction of sp³-hybridized carbons (Fsp3) is 0.412. The molecular weight excluding hydrogens is 326 g/mol. The smallest absolute Gasteiger partial charge is 0.227 e. The van der Waals surface area contributed by atoms with Crippen LogP contribution < -0.4 is 0 Å². The number of nitrogens with zero attached hydrogens (tertiary/aromatic N) is 3. The van der Waals surface area contributed by atoms with E-state index < -0.39 is 15.9 Å². The highest BCUT2D eigenvalue weighted by atomic mass is 32.2. The lowest BCUT2D eigenvalue weighted by Crippen LogP contribution is -2.37. The third-order valence-corrected chi connectivity index (χ3v) is 6.00. The van der Waals surface area contributed by atoms with Crippen molar-refractivity contribution < 1.29 is 13.2 Å². The fourth-order valence-corrected chi connectivity index (χ4v) is 4.70. The third-order valence-electron chi connectivity index (χ3n) is 4.26. The van der Waals surface area contributed by atoms with E-state index in [1.54, 1.807) is 22.8 Å². The first-order valence-corrected chi connectivity index (χ1v) is 9.79. The van der Waals surface area contributed by atoms with Gasteiger partial charge in [-0.15, -0.1) is 0 Å². The molecule has 2 aromatic rings. The number of rotatable bonds is 3. The lowest BCUT2D eigenvalue weighted by atomic mass is 10.1. The quantitative estimate of drug-likeness (QED) is 0.840. The maximum atomic E-state index is 12.8. The van der Waals surface area contributed by atoms with Gasteiger partial charge in [0.1, 0.15) is 0 Å². The zero-order chi connectivity index (χ0) is 17.2. The summed E-state index contributed by atoms with van der Waals surface area (Å²) in [5.74, 6) is 0.0527. The average Bonchev–Trinajstić information content (AvgIpc) is 2.87. The van der Waals surface area contributed by atoms with Crippen molar-refractivity contribution in [3.63, 3.8) is 0 Å². The van der Waals surface area contributed by atoms with Crippen molar-refractivity contribution in [3.8, 4) is 0 Å². The van der Waals surface area contributed by atoms with Crippen LogP contribution in [0.4, 0.5) is 0 Å². The van der Waals surface area contributed by atoms with Crippen LogP contribution in [-0.4, -0.2) is 47.1 Å². The summed E-state index contributed by atoms with van der Waals surface area (Å²) >= 11 is 0. The first kappa shape index (κ1) is 16.7. The van der Waals surface area contributed by atoms with E-state index in [0.29, 0.717) is 13.0 Å². The van der Waals surface area contributed by atoms with E-state index in [0.717, 1.165) is 11.1 Å². The first-order valence-electron chi connectivity index (χ1n) is 7.97. The summed E-state index contributed by atoms with van der Waals surface area (Å²) in [5.41, 5.74) is 1.70. The number of amides is 1. The van der Waals surface area contributed by atoms with Gasteiger partial charge in [-0.25, -0.2) is 8.42 Å². The molecular formula is C17H21N3O3S. The summed E-state index contributed by atoms with van der Waals surface area (Å²) in [6.07, 6.45) is 4.19. The highest BCUT2D eigenvalue weighted by molar-refractivity contribution is 7.91. The Hall–Kier alpha value is -2.15. The van der Waals surface area contributed by atoms with E-state index in [1.807, 2.05) is 36.5 Å². The molecule has 0 radical (unpaired) electrons. The van der Waals surface area contributed by atoms with Gasteiger partial charge >= 0.3 is 0 Å². The SMILES string of the molecule is Cn1cc(CC(=O)N2CCCS(=O)(=O)CC2c2ccccc2)cn1. The minimum absolute atomic E-state index is 0.0181. The molecule has 1 aliphatic heterocycles. The molecule has 128 valence electrons. The summed E-state index contributed by atoms with van der Waals surface area (Å²) < 4.78 is 26.1. The van der Waals surface area contributed by atoms with Crippen LogP contribution in [0.25, 0.3) is 0 Å². The molecule has 0 N–H and O–H groups in total. The standard InChI is InChI=1S/C17H21N3O3S/c1-19-12-14(11-18-19)10-17(21)20-8-5-9-24(22,23)13-16(20)15-6-3-2-4-7-15/h2-4,6-7,11-12,16H,5,8-10,13H2,1H3. The zero-order valence-electron chi connectivity index (χ0n) is 13.6. The average molecular weight is 347 g/mol. The maximum absolute atomic E-state index is 12.8. The molecule has 1 aromatic heterocycles. The highest BCUT2D eigenvalue weighted by Gasteiger charge is 2.32. The largest absolute Gasteiger partial charge is 0.334 e. The van der Waals surface area contributed by atoms with Crippen molar-refractivity contribution in [3.05, 3.63) is 53.9 Å². The van der Waals surface area contributed by atoms with E-state index in [4.69, 9.17) is 0 Å². The summed E-state index contributed by atoms with van der Waals surface area (Å²) in [6, 6.07) is 8.97. The van der Waals surface area contributed by atoms with Crippen LogP contribution in [0.15, 0.2) is 42.7 Å². The number of carbonyl (C=O) groups excluding carboxylic acids is 1. The molecule has 1 unspecified atom stereocenters. The molecule has 1 aromatic carbocycles. The normalized spacial score (nSPS) is 20.5. The second kappa shape index (κ2) is 6.76. The number of aryl methyl sites for hydroxylation is 1. The van der Waals surface area contributed by atoms with Crippen molar-refractivity contribution in [2.24, 2.45) is 7.05 Å². The van der Waals surface area contributed by atoms with Crippen LogP contribution in [0.5, 0.6) is 0 Å². The van der Waals surface area contributed by atoms with Gasteiger partial charge in [0.05, 0.1) is 30.2 Å². The Morgan fingerprint density at radius 2 is 2.04 bits per heavy atom. The van der Waals surface area contributed by atoms with Gasteiger partial charge in [0, 0.05) is 19.8 Å². The highest BCUT2D eigenvalue weighted by Crippen LogP contribution is 2.27. The Morgan fingerprint density at radius 1 is 1.29 bits per heavy atom. The number of hydrogen-bond donors (Lipinski definition) is 0. The molecule has 1 fully saturated rings. The van der Waals surface area contributed by atoms with Crippen molar-refractivity contribution in [1.82, 2.24) is 14.7 Å². The summed E-state index contributed by atoms with van der Waals surface area (Å²) in [7, 11) is -1.36. The van der Waals surface area contributed by atoms with Gasteiger partial charge in [-0.3, -0.25) is 9.48 Å². The topological polar surface area (TPSA) is 72.3 Å². The van der Waals surface area contributed by atoms with Crippen LogP contribution in [0.1, 0.15) is 23.6 Å². The van der Waals surface area contributed by atoms with Crippen LogP contribution >= 0.6 is 0 Å². The number of sulfone groups is 1. The molecule has 24 heavy (non-hydrogen) atoms. The van der Waals surface area contributed by atoms with E-state index in [1.165, 1.54) is 0 Å². The van der Waals surface area contributed by atoms with Gasteiger partial charge in [-0.05, 0) is 17.5 Å². The molecule has 1 aliphatic rings. The monoisotopic (exact) mass is 347 g/mol. The van der Waals surface area contributed by atoms with Crippen LogP contribution in [0, 0.1) is 0 Å². The predicted molar refractivity (Wildman–Crippen MR) is 91.1 cm³/mol. The van der Waals surface area contributed by atoms with Gasteiger partial charge in [0.25, 0.3) is 0 Å². The lowest BCUT2D eigenvalue weighted by molar-refractivity contribution is -0.132. The second-order valence-electron chi connectivity index (χ2n) is 6.18. The molecule has 0 aliphatic carbocycles. The minimum atomic E-state index is -3.16. The van der Waals surface area contributed by atoms with Crippen molar-refractivity contribution >= 4 is 15.7 Å². The Bertz CT molecular complexity index is 815. The van der Waals surface area contributed by atoms with Crippen molar-refractivity contribution in [2.45, 2.75) is 18.9 Å². The van der Waals surface area contributed by atoms with E-state index in [9.17, 15) is 13.2 Å². The van der Waals surface area contributed by atoms with Crippen LogP contribution in [-0.2, 0) is 28.1 Å². The Kier molecular flexibility index (Phi) is 4.71. The molecule has 7 heteroatoms. The van der Waals surface area contributed by atoms with E-state index in [-0.39, 0.29) is 23.8 Å². The molecule has 0 spiro atoms. The number of benzene rings is 1. The Balaban J connectivity index is 1.88. The van der Waals surface area contributed by atoms with Gasteiger partial charge in [-0.1, -0.05) is 30.3 Å². The molecule has 1 atom stereocenters. The molecule has 2 heterocycles. The Morgan fingerprint density at radius 3 is 2.71 bits per heavy atom. The van der Waals surface area contributed by atoms with Gasteiger partial charge in [0.2, 0.25) is 5.91 Å². The van der Waals surface area contributed by atoms with E-state index >= 15 is 0 Å². The number of carbonyl (C=O) groups is 1. The third kappa shape index (κ3) is 3.84. The summed E-state index contributed by atoms with van der Waals surface area (Å²) in [4.78, 5) is 14.5. The predicted octanol–water partition coefficient (Wildman–Crippen LogP) is 1.35. The second-order valence-corrected chi connectivity index (χ2v) is 8.41. The number of hydrogen-bond acceptors (Lipinski definition) is 4. The molecule has 1 amide bonds. The van der Waals surface area contributed by atoms with Gasteiger partial charge in [0.15, 0.2) is 9.84 Å². The van der Waals surface area contributed by atoms with E-state index in [2.05, 4.69) is 5.10 Å². The van der Waals surface area contributed by atoms with Crippen LogP contribution in [0.2, 0.25) is 0 Å². The fourth-order valence-electron chi connectivity index (χ4n) is 3.11. The Labute approximate surface area is 142 Å². The van der Waals surface area contributed by atoms with Crippen LogP contribution in [0.3, 0.4) is 0 Å². The first-order chi connectivity index (χ1) is 11.4. The summed E-state index contributed by atoms with van der Waals surface area (Å²) in [5, 5.41) is 4.08. The summed E-state index contributed by atoms with van der Waals surface area (Å²) in [6.45, 7) is 0.456. The molecule has 0 bridgehead atoms. The van der Waals surface area contributed by atoms with Gasteiger partial charge in [-0.2, -0.15) is 5.10 Å². The molecule has 1 saturated heterocycles. The molecule has 3 rings (SSSR count). The van der Waals surface area contributed by atoms with Gasteiger partial charge < -0.3 is 4.90 Å². The zero-order valence-corrected chi connectivity index (χ0v) is 14.4. The molecule has 6 nitrogen and oxygen atoms in total. The van der Waals surface area contributed by atoms with Crippen molar-refractivity contribution in [2.75, 3.05) is 18.1 Å². The molecule has 0 saturated carbocycles. The minimum Gasteiger partial charge on any atom is -0.334 e. The maximum Gasteiger partial charge on any atom is 0.227 e. The lowest BCUT2D eigenvalue weighted by Gasteiger charge is -2.30. The van der Waals surface area contributed by atoms with Crippen molar-refractivity contribution in [1.29, 1.82) is 0 Å². The number of aromatic nitrogens is 2.